The van der Waals surface area contributed by atoms with Gasteiger partial charge in [-0.3, -0.25) is 34.3 Å². The number of aromatic hydroxyl groups is 1. The van der Waals surface area contributed by atoms with Crippen molar-refractivity contribution >= 4 is 68.3 Å². The van der Waals surface area contributed by atoms with E-state index in [1.165, 1.54) is 31.4 Å². The zero-order valence-electron chi connectivity index (χ0n) is 31.3. The number of allylic oxidation sites excluding steroid dienone is 2. The van der Waals surface area contributed by atoms with Crippen molar-refractivity contribution in [3.8, 4) is 11.5 Å². The number of ketones is 1. The predicted molar refractivity (Wildman–Crippen MR) is 220 cm³/mol. The number of benzene rings is 5. The van der Waals surface area contributed by atoms with Crippen LogP contribution in [-0.2, 0) is 24.6 Å². The Balaban J connectivity index is 1.18. The fraction of sp³-hybridized carbons (Fsp3) is 0.196. The van der Waals surface area contributed by atoms with E-state index in [2.05, 4.69) is 21.4 Å². The molecule has 0 unspecified atom stereocenters. The molecule has 4 aliphatic rings. The molecule has 2 aliphatic carbocycles. The molecule has 1 saturated carbocycles. The second-order valence-corrected chi connectivity index (χ2v) is 16.5. The summed E-state index contributed by atoms with van der Waals surface area (Å²) in [6, 6.07) is 30.2. The van der Waals surface area contributed by atoms with Crippen LogP contribution in [0.1, 0.15) is 45.8 Å². The normalized spacial score (nSPS) is 24.7. The van der Waals surface area contributed by atoms with E-state index < -0.39 is 64.5 Å². The Morgan fingerprint density at radius 1 is 0.864 bits per heavy atom. The van der Waals surface area contributed by atoms with Crippen molar-refractivity contribution in [1.82, 2.24) is 5.01 Å². The average Bonchev–Trinajstić information content (AvgIpc) is 3.63. The summed E-state index contributed by atoms with van der Waals surface area (Å²) in [5.74, 6) is -7.59. The van der Waals surface area contributed by atoms with Gasteiger partial charge < -0.3 is 9.84 Å². The summed E-state index contributed by atoms with van der Waals surface area (Å²) in [6.07, 6.45) is 2.02. The van der Waals surface area contributed by atoms with Crippen molar-refractivity contribution in [2.75, 3.05) is 17.4 Å². The lowest BCUT2D eigenvalue weighted by Gasteiger charge is -2.50. The monoisotopic (exact) mass is 873 g/mol. The van der Waals surface area contributed by atoms with E-state index >= 15 is 4.79 Å². The number of phenolic OH excluding ortho intramolecular Hbond substituents is 1. The third-order valence-corrected chi connectivity index (χ3v) is 13.0. The van der Waals surface area contributed by atoms with Gasteiger partial charge in [0.15, 0.2) is 17.3 Å². The van der Waals surface area contributed by atoms with E-state index in [0.29, 0.717) is 37.4 Å². The Hall–Kier alpha value is -6.11. The van der Waals surface area contributed by atoms with Gasteiger partial charge >= 0.3 is 0 Å². The number of carbonyl (C=O) groups excluding carboxylic acids is 5. The molecule has 59 heavy (non-hydrogen) atoms. The number of carbonyl (C=O) groups is 5. The topological polar surface area (TPSA) is 133 Å². The van der Waals surface area contributed by atoms with Crippen LogP contribution in [0.25, 0.3) is 0 Å². The summed E-state index contributed by atoms with van der Waals surface area (Å²) >= 11 is 9.94. The predicted octanol–water partition coefficient (Wildman–Crippen LogP) is 8.38. The highest BCUT2D eigenvalue weighted by molar-refractivity contribution is 9.10. The number of nitrogens with zero attached hydrogens (tertiary/aromatic N) is 2. The summed E-state index contributed by atoms with van der Waals surface area (Å²) < 4.78 is 20.1. The number of fused-ring (bicyclic) bond motifs is 4. The first kappa shape index (κ1) is 38.4. The summed E-state index contributed by atoms with van der Waals surface area (Å²) in [6.45, 7) is 0. The second kappa shape index (κ2) is 14.6. The average molecular weight is 875 g/mol. The molecular formula is C46H34BrClFN3O7. The van der Waals surface area contributed by atoms with Crippen LogP contribution < -0.4 is 15.1 Å². The number of rotatable bonds is 8. The number of imide groups is 2. The Labute approximate surface area is 351 Å². The lowest BCUT2D eigenvalue weighted by Crippen LogP contribution is -2.53. The van der Waals surface area contributed by atoms with Gasteiger partial charge in [-0.1, -0.05) is 81.6 Å². The van der Waals surface area contributed by atoms with Crippen molar-refractivity contribution < 1.29 is 38.2 Å². The van der Waals surface area contributed by atoms with Crippen LogP contribution >= 0.6 is 27.5 Å². The molecule has 6 atom stereocenters. The first-order valence-electron chi connectivity index (χ1n) is 18.9. The number of anilines is 2. The summed E-state index contributed by atoms with van der Waals surface area (Å²) in [5.41, 5.74) is 4.01. The fourth-order valence-electron chi connectivity index (χ4n) is 9.74. The maximum atomic E-state index is 15.4. The molecule has 2 heterocycles. The molecule has 2 N–H and O–H groups in total. The number of ether oxygens (including phenoxy) is 1. The fourth-order valence-corrected chi connectivity index (χ4v) is 10.3. The van der Waals surface area contributed by atoms with Crippen molar-refractivity contribution in [2.24, 2.45) is 23.7 Å². The minimum atomic E-state index is -1.71. The second-order valence-electron chi connectivity index (χ2n) is 15.2. The molecule has 2 saturated heterocycles. The molecule has 3 fully saturated rings. The number of hydrogen-bond donors (Lipinski definition) is 2. The zero-order valence-corrected chi connectivity index (χ0v) is 33.6. The number of phenols is 1. The summed E-state index contributed by atoms with van der Waals surface area (Å²) in [4.78, 5) is 73.8. The van der Waals surface area contributed by atoms with Crippen LogP contribution in [0.5, 0.6) is 11.5 Å². The molecule has 5 aromatic carbocycles. The van der Waals surface area contributed by atoms with Crippen molar-refractivity contribution in [2.45, 2.75) is 24.2 Å². The Bertz CT molecular complexity index is 2600. The number of methoxy groups -OCH3 is 1. The number of nitrogens with one attached hydrogen (secondary N) is 1. The van der Waals surface area contributed by atoms with E-state index in [1.54, 1.807) is 84.9 Å². The molecule has 0 radical (unpaired) electrons. The summed E-state index contributed by atoms with van der Waals surface area (Å²) in [7, 11) is 1.40. The number of amides is 4. The van der Waals surface area contributed by atoms with Crippen molar-refractivity contribution in [3.63, 3.8) is 0 Å². The number of hydrogen-bond acceptors (Lipinski definition) is 8. The summed E-state index contributed by atoms with van der Waals surface area (Å²) in [5, 5.41) is 13.3. The number of hydrazine groups is 1. The SMILES string of the molecule is COc1cc(Br)cc([C@H]2C3=CC[C@@H]4C(=O)N(c5ccc(C(=O)c6ccccc6)cc5)C(=O)[C@@H]4[C@@H]3C[C@H]3C(=O)N(Nc4ccc(F)cc4)C(=O)[C@@]23c2ccc(Cl)cc2)c1O. The lowest BCUT2D eigenvalue weighted by molar-refractivity contribution is -0.138. The minimum absolute atomic E-state index is 0.00156. The van der Waals surface area contributed by atoms with Gasteiger partial charge in [-0.2, -0.15) is 5.01 Å². The highest BCUT2D eigenvalue weighted by Gasteiger charge is 2.70. The molecule has 10 nitrogen and oxygen atoms in total. The highest BCUT2D eigenvalue weighted by Crippen LogP contribution is 2.65. The van der Waals surface area contributed by atoms with E-state index in [1.807, 2.05) is 12.1 Å². The molecule has 9 rings (SSSR count). The van der Waals surface area contributed by atoms with E-state index in [-0.39, 0.29) is 41.4 Å². The van der Waals surface area contributed by atoms with Crippen LogP contribution in [0, 0.1) is 29.5 Å². The molecule has 0 aromatic heterocycles. The van der Waals surface area contributed by atoms with Gasteiger partial charge in [0, 0.05) is 32.1 Å². The van der Waals surface area contributed by atoms with Crippen LogP contribution in [0.4, 0.5) is 15.8 Å². The molecular weight excluding hydrogens is 841 g/mol. The quantitative estimate of drug-likeness (QED) is 0.0903. The largest absolute Gasteiger partial charge is 0.504 e. The zero-order chi connectivity index (χ0) is 41.3. The van der Waals surface area contributed by atoms with Gasteiger partial charge in [-0.25, -0.2) is 4.39 Å². The molecule has 296 valence electrons. The van der Waals surface area contributed by atoms with Gasteiger partial charge in [0.2, 0.25) is 11.8 Å². The van der Waals surface area contributed by atoms with Gasteiger partial charge in [0.05, 0.1) is 41.7 Å². The van der Waals surface area contributed by atoms with E-state index in [4.69, 9.17) is 16.3 Å². The standard InChI is InChI=1S/C46H34BrClFN3O7/c1-59-37-22-27(47)21-35(41(37)54)39-32-19-20-33-38(44(57)51(42(33)55)31-17-7-25(8-18-31)40(53)24-5-3-2-4-6-24)34(32)23-36-43(56)52(50-30-15-13-29(49)14-16-30)45(58)46(36,39)26-9-11-28(48)12-10-26/h2-19,21-22,33-34,36,38-39,50,54H,20,23H2,1H3/t33-,34+,36-,38-,39+,46+/m0/s1. The molecule has 4 amide bonds. The van der Waals surface area contributed by atoms with Crippen LogP contribution in [0.15, 0.2) is 131 Å². The Morgan fingerprint density at radius 2 is 1.54 bits per heavy atom. The first-order valence-corrected chi connectivity index (χ1v) is 20.1. The third-order valence-electron chi connectivity index (χ3n) is 12.3. The smallest absolute Gasteiger partial charge is 0.260 e. The minimum Gasteiger partial charge on any atom is -0.504 e. The van der Waals surface area contributed by atoms with Gasteiger partial charge in [-0.15, -0.1) is 0 Å². The van der Waals surface area contributed by atoms with E-state index in [9.17, 15) is 28.7 Å². The van der Waals surface area contributed by atoms with Crippen molar-refractivity contribution in [1.29, 1.82) is 0 Å². The van der Waals surface area contributed by atoms with Gasteiger partial charge in [0.25, 0.3) is 11.8 Å². The van der Waals surface area contributed by atoms with E-state index in [0.717, 1.165) is 9.91 Å². The third kappa shape index (κ3) is 5.99. The van der Waals surface area contributed by atoms with Crippen molar-refractivity contribution in [3.05, 3.63) is 164 Å². The number of halogens is 3. The van der Waals surface area contributed by atoms with Crippen LogP contribution in [0.2, 0.25) is 5.02 Å². The van der Waals surface area contributed by atoms with Gasteiger partial charge in [0.1, 0.15) is 5.82 Å². The Morgan fingerprint density at radius 3 is 2.22 bits per heavy atom. The maximum absolute atomic E-state index is 15.4. The molecule has 0 spiro atoms. The highest BCUT2D eigenvalue weighted by atomic mass is 79.9. The molecule has 5 aromatic rings. The lowest BCUT2D eigenvalue weighted by atomic mass is 9.49. The molecule has 2 aliphatic heterocycles. The first-order chi connectivity index (χ1) is 28.4. The Kier molecular flexibility index (Phi) is 9.51. The van der Waals surface area contributed by atoms with Crippen LogP contribution in [0.3, 0.4) is 0 Å². The van der Waals surface area contributed by atoms with Crippen LogP contribution in [-0.4, -0.2) is 46.6 Å². The molecule has 13 heteroatoms. The maximum Gasteiger partial charge on any atom is 0.260 e. The van der Waals surface area contributed by atoms with Gasteiger partial charge in [-0.05, 0) is 97.1 Å². The molecule has 0 bridgehead atoms.